The van der Waals surface area contributed by atoms with Gasteiger partial charge in [0, 0.05) is 6.07 Å². The molecule has 11 nitrogen and oxygen atoms in total. The lowest BCUT2D eigenvalue weighted by Gasteiger charge is -2.11. The molecule has 0 atom stereocenters. The van der Waals surface area contributed by atoms with Crippen molar-refractivity contribution in [1.29, 1.82) is 5.26 Å². The van der Waals surface area contributed by atoms with Crippen molar-refractivity contribution < 1.29 is 14.3 Å². The van der Waals surface area contributed by atoms with Crippen LogP contribution < -0.4 is 20.3 Å². The van der Waals surface area contributed by atoms with E-state index in [-0.39, 0.29) is 17.7 Å². The topological polar surface area (TPSA) is 144 Å². The zero-order valence-corrected chi connectivity index (χ0v) is 20.6. The summed E-state index contributed by atoms with van der Waals surface area (Å²) in [5.74, 6) is 0.215. The Balaban J connectivity index is 1.50. The van der Waals surface area contributed by atoms with Crippen LogP contribution in [-0.4, -0.2) is 37.8 Å². The van der Waals surface area contributed by atoms with E-state index in [4.69, 9.17) is 9.47 Å². The lowest BCUT2D eigenvalue weighted by Crippen LogP contribution is -2.16. The number of nitrogens with one attached hydrogen (secondary N) is 1. The molecule has 0 aliphatic rings. The highest BCUT2D eigenvalue weighted by Gasteiger charge is 2.14. The van der Waals surface area contributed by atoms with Gasteiger partial charge >= 0.3 is 0 Å². The minimum atomic E-state index is -0.586. The molecule has 0 bridgehead atoms. The van der Waals surface area contributed by atoms with Gasteiger partial charge in [-0.25, -0.2) is 4.98 Å². The van der Waals surface area contributed by atoms with Crippen molar-refractivity contribution in [1.82, 2.24) is 24.8 Å². The maximum atomic E-state index is 12.5. The fraction of sp³-hybridized carbons (Fsp3) is 0.227. The summed E-state index contributed by atoms with van der Waals surface area (Å²) in [6.45, 7) is 3.78. The number of aryl methyl sites for hydroxylation is 2. The molecule has 13 heteroatoms. The first-order valence-electron chi connectivity index (χ1n) is 10.3. The van der Waals surface area contributed by atoms with Crippen molar-refractivity contribution in [3.8, 4) is 17.6 Å². The number of benzene rings is 1. The molecular formula is C22H19N7O4S2. The number of aromatic nitrogens is 5. The highest BCUT2D eigenvalue weighted by molar-refractivity contribution is 7.16. The number of carbonyl (C=O) groups excluding carboxylic acids is 1. The van der Waals surface area contributed by atoms with Crippen LogP contribution in [0.4, 0.5) is 5.13 Å². The second-order valence-corrected chi connectivity index (χ2v) is 9.30. The number of anilines is 1. The van der Waals surface area contributed by atoms with Crippen molar-refractivity contribution in [2.24, 2.45) is 0 Å². The lowest BCUT2D eigenvalue weighted by atomic mass is 10.1. The van der Waals surface area contributed by atoms with Crippen LogP contribution in [0, 0.1) is 18.3 Å². The Kier molecular flexibility index (Phi) is 7.14. The van der Waals surface area contributed by atoms with E-state index in [1.165, 1.54) is 46.4 Å². The van der Waals surface area contributed by atoms with Crippen LogP contribution in [0.1, 0.15) is 28.2 Å². The Hall–Kier alpha value is -4.15. The fourth-order valence-corrected chi connectivity index (χ4v) is 4.44. The maximum absolute atomic E-state index is 12.5. The summed E-state index contributed by atoms with van der Waals surface area (Å²) in [4.78, 5) is 29.6. The molecule has 0 aliphatic carbocycles. The molecule has 1 aromatic carbocycles. The predicted molar refractivity (Wildman–Crippen MR) is 131 cm³/mol. The van der Waals surface area contributed by atoms with Gasteiger partial charge in [-0.15, -0.1) is 10.2 Å². The first kappa shape index (κ1) is 24.0. The Morgan fingerprint density at radius 2 is 2.09 bits per heavy atom. The van der Waals surface area contributed by atoms with E-state index in [9.17, 15) is 14.9 Å². The van der Waals surface area contributed by atoms with Gasteiger partial charge in [0.05, 0.1) is 12.8 Å². The fourth-order valence-electron chi connectivity index (χ4n) is 3.00. The number of nitrogens with zero attached hydrogens (tertiary/aromatic N) is 6. The van der Waals surface area contributed by atoms with Gasteiger partial charge in [-0.1, -0.05) is 35.7 Å². The number of hydrogen-bond donors (Lipinski definition) is 1. The third kappa shape index (κ3) is 5.51. The SMILES string of the molecule is CCc1nnc(NC(=O)/C(C#N)=C\c2ccc(OCc3cc(=O)n4nc(C)sc4n3)c(OC)c2)s1. The van der Waals surface area contributed by atoms with Gasteiger partial charge in [0.2, 0.25) is 10.1 Å². The van der Waals surface area contributed by atoms with E-state index >= 15 is 0 Å². The number of fused-ring (bicyclic) bond motifs is 1. The average Bonchev–Trinajstić information content (AvgIpc) is 3.47. The molecule has 0 aliphatic heterocycles. The first-order chi connectivity index (χ1) is 16.9. The standard InChI is InChI=1S/C22H19N7O4S2/c1-4-18-26-27-21(35-18)25-20(31)14(10-23)7-13-5-6-16(17(8-13)32-3)33-11-15-9-19(30)29-22(24-15)34-12(2)28-29/h5-9H,4,11H2,1-3H3,(H,25,27,31)/b14-7-. The van der Waals surface area contributed by atoms with Gasteiger partial charge in [-0.05, 0) is 37.1 Å². The van der Waals surface area contributed by atoms with Crippen molar-refractivity contribution in [3.05, 3.63) is 61.5 Å². The molecule has 0 fully saturated rings. The second kappa shape index (κ2) is 10.4. The number of methoxy groups -OCH3 is 1. The van der Waals surface area contributed by atoms with Gasteiger partial charge in [0.15, 0.2) is 11.5 Å². The quantitative estimate of drug-likeness (QED) is 0.280. The third-order valence-corrected chi connectivity index (χ3v) is 6.44. The van der Waals surface area contributed by atoms with Gasteiger partial charge in [-0.3, -0.25) is 14.9 Å². The number of hydrogen-bond acceptors (Lipinski definition) is 11. The van der Waals surface area contributed by atoms with Crippen LogP contribution in [-0.2, 0) is 17.8 Å². The predicted octanol–water partition coefficient (Wildman–Crippen LogP) is 3.01. The summed E-state index contributed by atoms with van der Waals surface area (Å²) in [6, 6.07) is 8.24. The summed E-state index contributed by atoms with van der Waals surface area (Å²) < 4.78 is 12.5. The molecule has 0 spiro atoms. The number of nitriles is 1. The van der Waals surface area contributed by atoms with E-state index in [1.54, 1.807) is 25.1 Å². The summed E-state index contributed by atoms with van der Waals surface area (Å²) in [6.07, 6.45) is 2.14. The molecule has 1 N–H and O–H groups in total. The minimum absolute atomic E-state index is 0.0433. The van der Waals surface area contributed by atoms with Crippen molar-refractivity contribution in [3.63, 3.8) is 0 Å². The Morgan fingerprint density at radius 3 is 2.80 bits per heavy atom. The Labute approximate surface area is 207 Å². The van der Waals surface area contributed by atoms with Crippen molar-refractivity contribution in [2.45, 2.75) is 26.9 Å². The summed E-state index contributed by atoms with van der Waals surface area (Å²) in [5.41, 5.74) is 0.625. The molecule has 35 heavy (non-hydrogen) atoms. The van der Waals surface area contributed by atoms with Gasteiger partial charge in [0.1, 0.15) is 28.3 Å². The Morgan fingerprint density at radius 1 is 1.26 bits per heavy atom. The lowest BCUT2D eigenvalue weighted by molar-refractivity contribution is -0.112. The molecule has 0 saturated carbocycles. The summed E-state index contributed by atoms with van der Waals surface area (Å²) in [5, 5.41) is 25.9. The van der Waals surface area contributed by atoms with Gasteiger partial charge in [0.25, 0.3) is 11.5 Å². The van der Waals surface area contributed by atoms with Crippen LogP contribution in [0.15, 0.2) is 34.6 Å². The number of carbonyl (C=O) groups is 1. The summed E-state index contributed by atoms with van der Waals surface area (Å²) >= 11 is 2.57. The monoisotopic (exact) mass is 509 g/mol. The van der Waals surface area contributed by atoms with E-state index in [2.05, 4.69) is 25.6 Å². The molecule has 4 rings (SSSR count). The van der Waals surface area contributed by atoms with Crippen LogP contribution in [0.25, 0.3) is 11.0 Å². The van der Waals surface area contributed by atoms with Gasteiger partial charge in [-0.2, -0.15) is 14.9 Å². The molecule has 3 heterocycles. The van der Waals surface area contributed by atoms with Crippen molar-refractivity contribution >= 4 is 44.7 Å². The van der Waals surface area contributed by atoms with E-state index in [0.717, 1.165) is 10.0 Å². The van der Waals surface area contributed by atoms with Crippen LogP contribution in [0.5, 0.6) is 11.5 Å². The van der Waals surface area contributed by atoms with Crippen LogP contribution in [0.2, 0.25) is 0 Å². The maximum Gasteiger partial charge on any atom is 0.275 e. The van der Waals surface area contributed by atoms with Crippen LogP contribution in [0.3, 0.4) is 0 Å². The molecule has 4 aromatic rings. The number of rotatable bonds is 8. The smallest absolute Gasteiger partial charge is 0.275 e. The van der Waals surface area contributed by atoms with E-state index in [1.807, 2.05) is 13.0 Å². The van der Waals surface area contributed by atoms with Crippen LogP contribution >= 0.6 is 22.7 Å². The third-order valence-electron chi connectivity index (χ3n) is 4.63. The molecule has 3 aromatic heterocycles. The van der Waals surface area contributed by atoms with E-state index in [0.29, 0.717) is 39.3 Å². The van der Waals surface area contributed by atoms with E-state index < -0.39 is 5.91 Å². The molecule has 178 valence electrons. The minimum Gasteiger partial charge on any atom is -0.493 e. The van der Waals surface area contributed by atoms with Crippen molar-refractivity contribution in [2.75, 3.05) is 12.4 Å². The first-order valence-corrected chi connectivity index (χ1v) is 12.0. The largest absolute Gasteiger partial charge is 0.493 e. The number of ether oxygens (including phenoxy) is 2. The molecule has 0 unspecified atom stereocenters. The molecule has 1 amide bonds. The van der Waals surface area contributed by atoms with Gasteiger partial charge < -0.3 is 9.47 Å². The number of amides is 1. The zero-order valence-electron chi connectivity index (χ0n) is 18.9. The average molecular weight is 510 g/mol. The Bertz CT molecular complexity index is 1530. The summed E-state index contributed by atoms with van der Waals surface area (Å²) in [7, 11) is 1.48. The molecular weight excluding hydrogens is 490 g/mol. The zero-order chi connectivity index (χ0) is 24.9. The highest BCUT2D eigenvalue weighted by atomic mass is 32.1. The molecule has 0 radical (unpaired) electrons. The second-order valence-electron chi connectivity index (χ2n) is 7.08. The molecule has 0 saturated heterocycles. The normalized spacial score (nSPS) is 11.3. The highest BCUT2D eigenvalue weighted by Crippen LogP contribution is 2.30.